The van der Waals surface area contributed by atoms with Crippen LogP contribution in [0.5, 0.6) is 0 Å². The van der Waals surface area contributed by atoms with E-state index in [0.29, 0.717) is 22.5 Å². The van der Waals surface area contributed by atoms with Gasteiger partial charge in [0.2, 0.25) is 11.7 Å². The molecule has 3 rings (SSSR count). The Labute approximate surface area is 210 Å². The summed E-state index contributed by atoms with van der Waals surface area (Å²) in [5.74, 6) is -1.93. The van der Waals surface area contributed by atoms with Gasteiger partial charge in [-0.2, -0.15) is 0 Å². The number of rotatable bonds is 10. The fraction of sp³-hybridized carbons (Fsp3) is 0.286. The number of hydrogen-bond acceptors (Lipinski definition) is 5. The molecule has 0 radical (unpaired) electrons. The molecule has 36 heavy (non-hydrogen) atoms. The number of benzene rings is 2. The maximum absolute atomic E-state index is 12.9. The van der Waals surface area contributed by atoms with E-state index in [2.05, 4.69) is 10.7 Å². The Morgan fingerprint density at radius 2 is 1.53 bits per heavy atom. The molecule has 1 aromatic heterocycles. The van der Waals surface area contributed by atoms with Crippen LogP contribution >= 0.6 is 0 Å². The molecular weight excluding hydrogens is 458 g/mol. The summed E-state index contributed by atoms with van der Waals surface area (Å²) in [5.41, 5.74) is 5.61. The second-order valence-corrected chi connectivity index (χ2v) is 8.91. The van der Waals surface area contributed by atoms with E-state index in [-0.39, 0.29) is 24.2 Å². The first-order valence-electron chi connectivity index (χ1n) is 11.8. The first kappa shape index (κ1) is 26.4. The number of aryl methyl sites for hydroxylation is 1. The number of nitrogens with zero attached hydrogens (tertiary/aromatic N) is 1. The Kier molecular flexibility index (Phi) is 8.78. The van der Waals surface area contributed by atoms with Gasteiger partial charge in [-0.05, 0) is 43.5 Å². The molecule has 2 N–H and O–H groups in total. The normalized spacial score (nSPS) is 11.6. The molecule has 8 nitrogen and oxygen atoms in total. The van der Waals surface area contributed by atoms with Crippen molar-refractivity contribution in [3.05, 3.63) is 94.8 Å². The largest absolute Gasteiger partial charge is 0.456 e. The third kappa shape index (κ3) is 6.69. The Morgan fingerprint density at radius 1 is 0.917 bits per heavy atom. The van der Waals surface area contributed by atoms with E-state index < -0.39 is 24.4 Å². The highest BCUT2D eigenvalue weighted by atomic mass is 16.5. The molecule has 0 saturated carbocycles. The molecule has 0 aliphatic carbocycles. The lowest BCUT2D eigenvalue weighted by Crippen LogP contribution is -2.46. The number of hydrogen-bond donors (Lipinski definition) is 2. The highest BCUT2D eigenvalue weighted by Gasteiger charge is 2.27. The average molecular weight is 490 g/mol. The van der Waals surface area contributed by atoms with E-state index >= 15 is 0 Å². The van der Waals surface area contributed by atoms with Crippen molar-refractivity contribution in [1.82, 2.24) is 9.99 Å². The Hall–Kier alpha value is -4.20. The molecule has 0 saturated heterocycles. The van der Waals surface area contributed by atoms with Gasteiger partial charge in [0.1, 0.15) is 6.04 Å². The minimum atomic E-state index is -0.883. The summed E-state index contributed by atoms with van der Waals surface area (Å²) < 4.78 is 6.82. The summed E-state index contributed by atoms with van der Waals surface area (Å²) in [6.07, 6.45) is 0.136. The summed E-state index contributed by atoms with van der Waals surface area (Å²) in [5, 5.41) is 2.71. The number of ketones is 1. The van der Waals surface area contributed by atoms with Crippen LogP contribution in [0.2, 0.25) is 0 Å². The number of carbonyl (C=O) groups excluding carboxylic acids is 4. The van der Waals surface area contributed by atoms with Gasteiger partial charge in [-0.1, -0.05) is 62.4 Å². The Balaban J connectivity index is 1.61. The second-order valence-electron chi connectivity index (χ2n) is 8.91. The molecule has 0 fully saturated rings. The lowest BCUT2D eigenvalue weighted by molar-refractivity contribution is -0.148. The monoisotopic (exact) mass is 489 g/mol. The zero-order valence-corrected chi connectivity index (χ0v) is 20.9. The molecule has 0 aliphatic heterocycles. The average Bonchev–Trinajstić information content (AvgIpc) is 3.15. The third-order valence-corrected chi connectivity index (χ3v) is 5.77. The summed E-state index contributed by atoms with van der Waals surface area (Å²) in [6, 6.07) is 18.7. The molecule has 2 amide bonds. The van der Waals surface area contributed by atoms with Crippen LogP contribution in [0, 0.1) is 19.8 Å². The molecule has 0 spiro atoms. The van der Waals surface area contributed by atoms with Gasteiger partial charge < -0.3 is 10.1 Å². The Bertz CT molecular complexity index is 1230. The topological polar surface area (TPSA) is 106 Å². The fourth-order valence-corrected chi connectivity index (χ4v) is 3.78. The first-order valence-corrected chi connectivity index (χ1v) is 11.8. The highest BCUT2D eigenvalue weighted by Crippen LogP contribution is 2.16. The number of amides is 2. The Morgan fingerprint density at radius 3 is 2.14 bits per heavy atom. The standard InChI is InChI=1S/C28H31N3O5/c1-18(2)26(29-25(33)16-21-11-7-5-8-12-21)28(35)36-17-24(32)23-15-19(3)31(20(23)4)30-27(34)22-13-9-6-10-14-22/h5-15,18,26H,16-17H2,1-4H3,(H,29,33)(H,30,34)/t26-/m0/s1. The predicted molar refractivity (Wildman–Crippen MR) is 136 cm³/mol. The van der Waals surface area contributed by atoms with Gasteiger partial charge in [-0.25, -0.2) is 4.79 Å². The lowest BCUT2D eigenvalue weighted by atomic mass is 10.0. The maximum Gasteiger partial charge on any atom is 0.329 e. The maximum atomic E-state index is 12.9. The van der Waals surface area contributed by atoms with Gasteiger partial charge in [-0.15, -0.1) is 0 Å². The van der Waals surface area contributed by atoms with Gasteiger partial charge >= 0.3 is 5.97 Å². The first-order chi connectivity index (χ1) is 17.2. The van der Waals surface area contributed by atoms with E-state index in [1.807, 2.05) is 36.4 Å². The molecule has 188 valence electrons. The van der Waals surface area contributed by atoms with Crippen LogP contribution in [-0.4, -0.2) is 40.9 Å². The molecule has 8 heteroatoms. The fourth-order valence-electron chi connectivity index (χ4n) is 3.78. The summed E-state index contributed by atoms with van der Waals surface area (Å²) in [6.45, 7) is 6.57. The van der Waals surface area contributed by atoms with Crippen molar-refractivity contribution in [3.63, 3.8) is 0 Å². The SMILES string of the molecule is Cc1cc(C(=O)COC(=O)[C@@H](NC(=O)Cc2ccccc2)C(C)C)c(C)n1NC(=O)c1ccccc1. The molecule has 2 aromatic carbocycles. The number of nitrogens with one attached hydrogen (secondary N) is 2. The van der Waals surface area contributed by atoms with Gasteiger partial charge in [-0.3, -0.25) is 24.5 Å². The van der Waals surface area contributed by atoms with Gasteiger partial charge in [0, 0.05) is 22.5 Å². The van der Waals surface area contributed by atoms with Crippen LogP contribution in [0.15, 0.2) is 66.7 Å². The van der Waals surface area contributed by atoms with E-state index in [1.54, 1.807) is 58.0 Å². The van der Waals surface area contributed by atoms with E-state index in [1.165, 1.54) is 4.68 Å². The second kappa shape index (κ2) is 12.0. The smallest absolute Gasteiger partial charge is 0.329 e. The molecule has 3 aromatic rings. The molecule has 1 atom stereocenters. The number of esters is 1. The molecule has 0 unspecified atom stereocenters. The minimum absolute atomic E-state index is 0.136. The highest BCUT2D eigenvalue weighted by molar-refractivity contribution is 6.02. The molecule has 0 bridgehead atoms. The van der Waals surface area contributed by atoms with E-state index in [9.17, 15) is 19.2 Å². The van der Waals surface area contributed by atoms with Crippen LogP contribution in [0.3, 0.4) is 0 Å². The van der Waals surface area contributed by atoms with Crippen molar-refractivity contribution in [3.8, 4) is 0 Å². The molecule has 1 heterocycles. The summed E-state index contributed by atoms with van der Waals surface area (Å²) >= 11 is 0. The van der Waals surface area contributed by atoms with Crippen LogP contribution < -0.4 is 10.7 Å². The van der Waals surface area contributed by atoms with E-state index in [4.69, 9.17) is 4.74 Å². The van der Waals surface area contributed by atoms with Crippen molar-refractivity contribution < 1.29 is 23.9 Å². The number of carbonyl (C=O) groups is 4. The van der Waals surface area contributed by atoms with Crippen LogP contribution in [0.1, 0.15) is 51.5 Å². The van der Waals surface area contributed by atoms with Crippen LogP contribution in [0.25, 0.3) is 0 Å². The van der Waals surface area contributed by atoms with Gasteiger partial charge in [0.05, 0.1) is 6.42 Å². The van der Waals surface area contributed by atoms with Gasteiger partial charge in [0.25, 0.3) is 5.91 Å². The zero-order chi connectivity index (χ0) is 26.2. The third-order valence-electron chi connectivity index (χ3n) is 5.77. The number of ether oxygens (including phenoxy) is 1. The van der Waals surface area contributed by atoms with Gasteiger partial charge in [0.15, 0.2) is 6.61 Å². The number of Topliss-reactive ketones (excluding diaryl/α,β-unsaturated/α-hetero) is 1. The predicted octanol–water partition coefficient (Wildman–Crippen LogP) is 3.60. The van der Waals surface area contributed by atoms with Crippen LogP contribution in [-0.2, 0) is 20.7 Å². The zero-order valence-electron chi connectivity index (χ0n) is 20.9. The van der Waals surface area contributed by atoms with Crippen molar-refractivity contribution in [2.75, 3.05) is 12.0 Å². The minimum Gasteiger partial charge on any atom is -0.456 e. The molecule has 0 aliphatic rings. The lowest BCUT2D eigenvalue weighted by Gasteiger charge is -2.20. The van der Waals surface area contributed by atoms with Crippen molar-refractivity contribution in [2.45, 2.75) is 40.2 Å². The van der Waals surface area contributed by atoms with Crippen molar-refractivity contribution >= 4 is 23.6 Å². The van der Waals surface area contributed by atoms with Crippen LogP contribution in [0.4, 0.5) is 0 Å². The quantitative estimate of drug-likeness (QED) is 0.334. The van der Waals surface area contributed by atoms with Crippen molar-refractivity contribution in [2.24, 2.45) is 5.92 Å². The summed E-state index contributed by atoms with van der Waals surface area (Å²) in [4.78, 5) is 50.6. The van der Waals surface area contributed by atoms with E-state index in [0.717, 1.165) is 5.56 Å². The number of aromatic nitrogens is 1. The summed E-state index contributed by atoms with van der Waals surface area (Å²) in [7, 11) is 0. The molecular formula is C28H31N3O5. The van der Waals surface area contributed by atoms with Crippen molar-refractivity contribution in [1.29, 1.82) is 0 Å².